The highest BCUT2D eigenvalue weighted by atomic mass is 19.1. The Morgan fingerprint density at radius 1 is 1.24 bits per heavy atom. The molecular weight excluding hydrogens is 273 g/mol. The van der Waals surface area contributed by atoms with Crippen molar-refractivity contribution in [2.45, 2.75) is 20.3 Å². The van der Waals surface area contributed by atoms with Crippen molar-refractivity contribution < 1.29 is 19.1 Å². The molecule has 0 saturated carbocycles. The number of aliphatic hydroxyl groups is 1. The summed E-state index contributed by atoms with van der Waals surface area (Å²) < 4.78 is 13.7. The molecule has 2 amide bonds. The van der Waals surface area contributed by atoms with Crippen LogP contribution in [0.25, 0.3) is 0 Å². The largest absolute Gasteiger partial charge is 0.395 e. The van der Waals surface area contributed by atoms with Gasteiger partial charge in [-0.05, 0) is 18.2 Å². The lowest BCUT2D eigenvalue weighted by atomic mass is 10.00. The van der Waals surface area contributed by atoms with Gasteiger partial charge >= 0.3 is 0 Å². The van der Waals surface area contributed by atoms with Crippen LogP contribution < -0.4 is 4.90 Å². The van der Waals surface area contributed by atoms with E-state index in [1.807, 2.05) is 0 Å². The van der Waals surface area contributed by atoms with Gasteiger partial charge in [-0.2, -0.15) is 0 Å². The maximum atomic E-state index is 13.7. The number of rotatable bonds is 2. The van der Waals surface area contributed by atoms with E-state index in [1.54, 1.807) is 13.8 Å². The normalized spacial score (nSPS) is 21.4. The third kappa shape index (κ3) is 2.81. The van der Waals surface area contributed by atoms with E-state index < -0.39 is 5.82 Å². The van der Waals surface area contributed by atoms with Gasteiger partial charge in [0.1, 0.15) is 5.82 Å². The van der Waals surface area contributed by atoms with Gasteiger partial charge in [-0.3, -0.25) is 14.5 Å². The Bertz CT molecular complexity index is 625. The Kier molecular flexibility index (Phi) is 4.39. The molecule has 2 rings (SSSR count). The summed E-state index contributed by atoms with van der Waals surface area (Å²) in [5, 5.41) is 8.67. The minimum absolute atomic E-state index is 0.105. The zero-order valence-electron chi connectivity index (χ0n) is 11.9. The third-order valence-corrected chi connectivity index (χ3v) is 3.64. The monoisotopic (exact) mass is 289 g/mol. The van der Waals surface area contributed by atoms with Crippen LogP contribution in [-0.4, -0.2) is 23.5 Å². The van der Waals surface area contributed by atoms with Gasteiger partial charge in [-0.15, -0.1) is 0 Å². The van der Waals surface area contributed by atoms with E-state index in [0.29, 0.717) is 5.69 Å². The van der Waals surface area contributed by atoms with Crippen LogP contribution in [0.5, 0.6) is 0 Å². The van der Waals surface area contributed by atoms with Crippen LogP contribution in [-0.2, 0) is 9.59 Å². The van der Waals surface area contributed by atoms with Gasteiger partial charge in [0.15, 0.2) is 0 Å². The van der Waals surface area contributed by atoms with Crippen molar-refractivity contribution in [2.24, 2.45) is 11.8 Å². The molecule has 5 heteroatoms. The van der Waals surface area contributed by atoms with Crippen LogP contribution in [0.15, 0.2) is 18.2 Å². The molecule has 1 aromatic rings. The van der Waals surface area contributed by atoms with E-state index in [0.717, 1.165) is 4.90 Å². The summed E-state index contributed by atoms with van der Waals surface area (Å²) >= 11 is 0. The molecule has 21 heavy (non-hydrogen) atoms. The summed E-state index contributed by atoms with van der Waals surface area (Å²) in [4.78, 5) is 25.3. The SMILES string of the molecule is CC1C(=O)N(c2ccc(F)c(C#CCCO)c2)C(=O)C1C. The number of aliphatic hydroxyl groups excluding tert-OH is 1. The highest BCUT2D eigenvalue weighted by Gasteiger charge is 2.43. The second kappa shape index (κ2) is 6.06. The lowest BCUT2D eigenvalue weighted by molar-refractivity contribution is -0.122. The predicted molar refractivity (Wildman–Crippen MR) is 75.8 cm³/mol. The number of hydrogen-bond donors (Lipinski definition) is 1. The molecule has 1 aromatic carbocycles. The van der Waals surface area contributed by atoms with Gasteiger partial charge in [0.2, 0.25) is 11.8 Å². The van der Waals surface area contributed by atoms with Crippen molar-refractivity contribution >= 4 is 17.5 Å². The van der Waals surface area contributed by atoms with Gasteiger partial charge in [-0.1, -0.05) is 25.7 Å². The van der Waals surface area contributed by atoms with E-state index in [1.165, 1.54) is 18.2 Å². The van der Waals surface area contributed by atoms with Crippen molar-refractivity contribution in [2.75, 3.05) is 11.5 Å². The van der Waals surface area contributed by atoms with E-state index in [9.17, 15) is 14.0 Å². The van der Waals surface area contributed by atoms with Crippen molar-refractivity contribution in [3.05, 3.63) is 29.6 Å². The van der Waals surface area contributed by atoms with Crippen molar-refractivity contribution in [3.63, 3.8) is 0 Å². The maximum Gasteiger partial charge on any atom is 0.237 e. The fourth-order valence-corrected chi connectivity index (χ4v) is 2.16. The Hall–Kier alpha value is -2.19. The Balaban J connectivity index is 2.38. The van der Waals surface area contributed by atoms with Crippen LogP contribution in [0.3, 0.4) is 0 Å². The zero-order valence-corrected chi connectivity index (χ0v) is 11.9. The molecule has 1 fully saturated rings. The molecular formula is C16H16FNO3. The summed E-state index contributed by atoms with van der Waals surface area (Å²) in [7, 11) is 0. The van der Waals surface area contributed by atoms with Crippen molar-refractivity contribution in [1.82, 2.24) is 0 Å². The minimum atomic E-state index is -0.524. The van der Waals surface area contributed by atoms with Crippen LogP contribution in [0.2, 0.25) is 0 Å². The lowest BCUT2D eigenvalue weighted by Gasteiger charge is -2.15. The molecule has 0 spiro atoms. The van der Waals surface area contributed by atoms with Crippen LogP contribution >= 0.6 is 0 Å². The average Bonchev–Trinajstić information content (AvgIpc) is 2.66. The summed E-state index contributed by atoms with van der Waals surface area (Å²) in [6.07, 6.45) is 0.235. The van der Waals surface area contributed by atoms with Gasteiger partial charge < -0.3 is 5.11 Å². The molecule has 110 valence electrons. The predicted octanol–water partition coefficient (Wildman–Crippen LogP) is 1.71. The molecule has 1 heterocycles. The Labute approximate surface area is 122 Å². The van der Waals surface area contributed by atoms with Crippen LogP contribution in [0, 0.1) is 29.5 Å². The highest BCUT2D eigenvalue weighted by Crippen LogP contribution is 2.31. The number of halogens is 1. The molecule has 1 N–H and O–H groups in total. The number of nitrogens with zero attached hydrogens (tertiary/aromatic N) is 1. The van der Waals surface area contributed by atoms with Crippen LogP contribution in [0.4, 0.5) is 10.1 Å². The molecule has 1 saturated heterocycles. The summed E-state index contributed by atoms with van der Waals surface area (Å²) in [6.45, 7) is 3.30. The molecule has 2 unspecified atom stereocenters. The first-order valence-corrected chi connectivity index (χ1v) is 6.74. The van der Waals surface area contributed by atoms with E-state index >= 15 is 0 Å². The molecule has 0 bridgehead atoms. The Morgan fingerprint density at radius 2 is 1.86 bits per heavy atom. The molecule has 0 radical (unpaired) electrons. The fraction of sp³-hybridized carbons (Fsp3) is 0.375. The van der Waals surface area contributed by atoms with Crippen LogP contribution in [0.1, 0.15) is 25.8 Å². The highest BCUT2D eigenvalue weighted by molar-refractivity contribution is 6.21. The number of carbonyl (C=O) groups is 2. The van der Waals surface area contributed by atoms with Gasteiger partial charge in [0.05, 0.1) is 17.9 Å². The summed E-state index contributed by atoms with van der Waals surface area (Å²) in [6, 6.07) is 3.97. The van der Waals surface area contributed by atoms with Crippen molar-refractivity contribution in [3.8, 4) is 11.8 Å². The van der Waals surface area contributed by atoms with Gasteiger partial charge in [-0.25, -0.2) is 4.39 Å². The second-order valence-corrected chi connectivity index (χ2v) is 5.03. The summed E-state index contributed by atoms with van der Waals surface area (Å²) in [5.41, 5.74) is 0.435. The number of hydrogen-bond acceptors (Lipinski definition) is 3. The van der Waals surface area contributed by atoms with E-state index in [2.05, 4.69) is 11.8 Å². The number of benzene rings is 1. The smallest absolute Gasteiger partial charge is 0.237 e. The first-order valence-electron chi connectivity index (χ1n) is 6.74. The minimum Gasteiger partial charge on any atom is -0.395 e. The van der Waals surface area contributed by atoms with Gasteiger partial charge in [0.25, 0.3) is 0 Å². The standard InChI is InChI=1S/C16H16FNO3/c1-10-11(2)16(21)18(15(10)20)13-6-7-14(17)12(9-13)5-3-4-8-19/h6-7,9-11,19H,4,8H2,1-2H3. The second-order valence-electron chi connectivity index (χ2n) is 5.03. The molecule has 0 aliphatic carbocycles. The molecule has 1 aliphatic rings. The summed E-state index contributed by atoms with van der Waals surface area (Å²) in [5.74, 6) is 3.36. The zero-order chi connectivity index (χ0) is 15.6. The molecule has 1 aliphatic heterocycles. The van der Waals surface area contributed by atoms with E-state index in [4.69, 9.17) is 5.11 Å². The average molecular weight is 289 g/mol. The molecule has 4 nitrogen and oxygen atoms in total. The fourth-order valence-electron chi connectivity index (χ4n) is 2.16. The van der Waals surface area contributed by atoms with Crippen molar-refractivity contribution in [1.29, 1.82) is 0 Å². The number of imide groups is 1. The van der Waals surface area contributed by atoms with E-state index in [-0.39, 0.29) is 42.2 Å². The third-order valence-electron chi connectivity index (χ3n) is 3.64. The molecule has 0 aromatic heterocycles. The van der Waals surface area contributed by atoms with Gasteiger partial charge in [0, 0.05) is 18.3 Å². The first kappa shape index (κ1) is 15.2. The number of anilines is 1. The number of carbonyl (C=O) groups excluding carboxylic acids is 2. The lowest BCUT2D eigenvalue weighted by Crippen LogP contribution is -2.30. The maximum absolute atomic E-state index is 13.7. The number of amides is 2. The topological polar surface area (TPSA) is 57.6 Å². The molecule has 2 atom stereocenters. The Morgan fingerprint density at radius 3 is 2.43 bits per heavy atom. The quantitative estimate of drug-likeness (QED) is 0.666. The first-order chi connectivity index (χ1) is 9.97.